The zero-order valence-corrected chi connectivity index (χ0v) is 18.8. The van der Waals surface area contributed by atoms with Gasteiger partial charge in [0.2, 0.25) is 11.8 Å². The Labute approximate surface area is 194 Å². The number of hydrogen-bond donors (Lipinski definition) is 2. The fourth-order valence-corrected chi connectivity index (χ4v) is 3.08. The molecule has 2 aromatic rings. The first-order valence-electron chi connectivity index (χ1n) is 10.5. The molecule has 1 aromatic carbocycles. The van der Waals surface area contributed by atoms with Gasteiger partial charge in [-0.25, -0.2) is 4.79 Å². The molecule has 0 radical (unpaired) electrons. The second-order valence-electron chi connectivity index (χ2n) is 7.73. The molecule has 0 fully saturated rings. The van der Waals surface area contributed by atoms with Gasteiger partial charge in [0.1, 0.15) is 6.10 Å². The van der Waals surface area contributed by atoms with Crippen molar-refractivity contribution in [3.8, 4) is 0 Å². The molecule has 9 nitrogen and oxygen atoms in total. The summed E-state index contributed by atoms with van der Waals surface area (Å²) < 4.78 is 39.5. The molecule has 2 N–H and O–H groups in total. The maximum atomic E-state index is 12.0. The van der Waals surface area contributed by atoms with E-state index < -0.39 is 12.1 Å². The van der Waals surface area contributed by atoms with Gasteiger partial charge in [0.05, 0.1) is 18.8 Å². The van der Waals surface area contributed by atoms with Crippen LogP contribution < -0.4 is 5.32 Å². The molecule has 2 heterocycles. The van der Waals surface area contributed by atoms with Crippen molar-refractivity contribution >= 4 is 17.8 Å². The summed E-state index contributed by atoms with van der Waals surface area (Å²) in [6.45, 7) is 1.69. The lowest BCUT2D eigenvalue weighted by Crippen LogP contribution is -2.32. The van der Waals surface area contributed by atoms with Gasteiger partial charge in [-0.1, -0.05) is 30.3 Å². The number of aliphatic carboxylic acids is 1. The quantitative estimate of drug-likeness (QED) is 0.623. The van der Waals surface area contributed by atoms with Crippen molar-refractivity contribution in [2.75, 3.05) is 27.2 Å². The molecule has 1 aromatic heterocycles. The minimum absolute atomic E-state index is 0.0546. The van der Waals surface area contributed by atoms with Crippen LogP contribution in [-0.4, -0.2) is 71.0 Å². The van der Waals surface area contributed by atoms with Crippen LogP contribution in [0.2, 0.25) is 0 Å². The molecule has 1 aliphatic rings. The van der Waals surface area contributed by atoms with Crippen LogP contribution in [0.15, 0.2) is 36.5 Å². The first-order chi connectivity index (χ1) is 16.0. The molecule has 1 atom stereocenters. The van der Waals surface area contributed by atoms with Gasteiger partial charge < -0.3 is 20.1 Å². The summed E-state index contributed by atoms with van der Waals surface area (Å²) in [5, 5.41) is 14.7. The Balaban J connectivity index is 0.000000509. The normalized spacial score (nSPS) is 14.9. The number of benzene rings is 1. The van der Waals surface area contributed by atoms with Gasteiger partial charge in [0.25, 0.3) is 0 Å². The predicted octanol–water partition coefficient (Wildman–Crippen LogP) is 2.16. The molecule has 34 heavy (non-hydrogen) atoms. The van der Waals surface area contributed by atoms with Gasteiger partial charge in [0, 0.05) is 39.7 Å². The monoisotopic (exact) mass is 484 g/mol. The number of carboxylic acid groups (broad SMARTS) is 1. The molecule has 186 valence electrons. The topological polar surface area (TPSA) is 114 Å². The number of alkyl halides is 3. The smallest absolute Gasteiger partial charge is 0.475 e. The number of carbonyl (C=O) groups excluding carboxylic acids is 2. The Morgan fingerprint density at radius 2 is 1.85 bits per heavy atom. The van der Waals surface area contributed by atoms with E-state index in [0.717, 1.165) is 12.1 Å². The molecule has 12 heteroatoms. The summed E-state index contributed by atoms with van der Waals surface area (Å²) in [6, 6.07) is 10.2. The van der Waals surface area contributed by atoms with Crippen molar-refractivity contribution in [1.29, 1.82) is 0 Å². The van der Waals surface area contributed by atoms with Crippen LogP contribution in [0.3, 0.4) is 0 Å². The van der Waals surface area contributed by atoms with Crippen molar-refractivity contribution in [2.24, 2.45) is 0 Å². The molecule has 3 rings (SSSR count). The summed E-state index contributed by atoms with van der Waals surface area (Å²) in [4.78, 5) is 34.0. The highest BCUT2D eigenvalue weighted by Crippen LogP contribution is 2.25. The van der Waals surface area contributed by atoms with Crippen molar-refractivity contribution < 1.29 is 37.4 Å². The minimum Gasteiger partial charge on any atom is -0.475 e. The Bertz CT molecular complexity index is 977. The van der Waals surface area contributed by atoms with E-state index in [1.807, 2.05) is 22.9 Å². The van der Waals surface area contributed by atoms with E-state index in [1.165, 1.54) is 16.0 Å². The third kappa shape index (κ3) is 8.50. The van der Waals surface area contributed by atoms with E-state index in [9.17, 15) is 22.8 Å². The minimum atomic E-state index is -5.08. The molecule has 0 aliphatic carbocycles. The summed E-state index contributed by atoms with van der Waals surface area (Å²) in [6.07, 6.45) is -2.05. The fourth-order valence-electron chi connectivity index (χ4n) is 3.08. The number of ether oxygens (including phenoxy) is 1. The first kappa shape index (κ1) is 26.8. The molecular weight excluding hydrogens is 457 g/mol. The van der Waals surface area contributed by atoms with Gasteiger partial charge in [-0.3, -0.25) is 14.3 Å². The number of nitrogens with one attached hydrogen (secondary N) is 1. The number of fused-ring (bicyclic) bond motifs is 1. The summed E-state index contributed by atoms with van der Waals surface area (Å²) in [5.74, 6) is -2.96. The van der Waals surface area contributed by atoms with Crippen LogP contribution in [-0.2, 0) is 32.1 Å². The highest BCUT2D eigenvalue weighted by atomic mass is 19.4. The van der Waals surface area contributed by atoms with Gasteiger partial charge in [-0.15, -0.1) is 0 Å². The third-order valence-corrected chi connectivity index (χ3v) is 4.84. The number of hydrogen-bond acceptors (Lipinski definition) is 5. The second-order valence-corrected chi connectivity index (χ2v) is 7.73. The highest BCUT2D eigenvalue weighted by Gasteiger charge is 2.38. The highest BCUT2D eigenvalue weighted by molar-refractivity contribution is 5.83. The molecule has 1 unspecified atom stereocenters. The van der Waals surface area contributed by atoms with E-state index >= 15 is 0 Å². The number of nitrogens with zero attached hydrogens (tertiary/aromatic N) is 3. The number of carboxylic acids is 1. The van der Waals surface area contributed by atoms with Crippen LogP contribution in [0.5, 0.6) is 0 Å². The SMILES string of the molecule is CN(C)C(=O)CCC(=O)NCC1OCCc2cn(Cc3ccccc3)nc21.O=C(O)C(F)(F)F. The zero-order valence-electron chi connectivity index (χ0n) is 18.8. The summed E-state index contributed by atoms with van der Waals surface area (Å²) >= 11 is 0. The fraction of sp³-hybridized carbons (Fsp3) is 0.455. The Kier molecular flexibility index (Phi) is 9.60. The van der Waals surface area contributed by atoms with Crippen LogP contribution in [0.4, 0.5) is 13.2 Å². The molecule has 0 spiro atoms. The number of halogens is 3. The molecule has 0 saturated carbocycles. The average Bonchev–Trinajstić information content (AvgIpc) is 3.19. The van der Waals surface area contributed by atoms with Crippen LogP contribution >= 0.6 is 0 Å². The summed E-state index contributed by atoms with van der Waals surface area (Å²) in [5.41, 5.74) is 3.25. The lowest BCUT2D eigenvalue weighted by atomic mass is 10.1. The van der Waals surface area contributed by atoms with Crippen LogP contribution in [0.25, 0.3) is 0 Å². The first-order valence-corrected chi connectivity index (χ1v) is 10.5. The molecule has 0 saturated heterocycles. The van der Waals surface area contributed by atoms with Gasteiger partial charge in [-0.2, -0.15) is 18.3 Å². The lowest BCUT2D eigenvalue weighted by Gasteiger charge is -2.22. The van der Waals surface area contributed by atoms with E-state index in [1.54, 1.807) is 14.1 Å². The van der Waals surface area contributed by atoms with Crippen molar-refractivity contribution in [3.05, 3.63) is 53.3 Å². The number of amides is 2. The largest absolute Gasteiger partial charge is 0.490 e. The van der Waals surface area contributed by atoms with Crippen molar-refractivity contribution in [1.82, 2.24) is 20.0 Å². The molecule has 0 bridgehead atoms. The number of aromatic nitrogens is 2. The van der Waals surface area contributed by atoms with Gasteiger partial charge in [0.15, 0.2) is 0 Å². The van der Waals surface area contributed by atoms with Crippen molar-refractivity contribution in [2.45, 2.75) is 38.1 Å². The van der Waals surface area contributed by atoms with E-state index in [2.05, 4.69) is 28.7 Å². The van der Waals surface area contributed by atoms with Crippen molar-refractivity contribution in [3.63, 3.8) is 0 Å². The maximum absolute atomic E-state index is 12.0. The third-order valence-electron chi connectivity index (χ3n) is 4.84. The Morgan fingerprint density at radius 1 is 1.21 bits per heavy atom. The Hall–Kier alpha value is -3.41. The number of carbonyl (C=O) groups is 3. The van der Waals surface area contributed by atoms with E-state index in [4.69, 9.17) is 14.6 Å². The van der Waals surface area contributed by atoms with Crippen LogP contribution in [0, 0.1) is 0 Å². The summed E-state index contributed by atoms with van der Waals surface area (Å²) in [7, 11) is 3.37. The standard InChI is InChI=1S/C20H26N4O3.C2HF3O2/c1-23(2)19(26)9-8-18(25)21-12-17-20-16(10-11-27-17)14-24(22-20)13-15-6-4-3-5-7-15;3-2(4,5)1(6)7/h3-7,14,17H,8-13H2,1-2H3,(H,21,25);(H,6,7). The maximum Gasteiger partial charge on any atom is 0.490 e. The molecular formula is C22H27F3N4O5. The lowest BCUT2D eigenvalue weighted by molar-refractivity contribution is -0.192. The zero-order chi connectivity index (χ0) is 25.3. The Morgan fingerprint density at radius 3 is 2.44 bits per heavy atom. The molecule has 2 amide bonds. The average molecular weight is 484 g/mol. The van der Waals surface area contributed by atoms with Crippen LogP contribution in [0.1, 0.15) is 35.8 Å². The predicted molar refractivity (Wildman–Crippen MR) is 115 cm³/mol. The van der Waals surface area contributed by atoms with Gasteiger partial charge in [-0.05, 0) is 17.5 Å². The van der Waals surface area contributed by atoms with E-state index in [-0.39, 0.29) is 30.8 Å². The second kappa shape index (κ2) is 12.2. The van der Waals surface area contributed by atoms with Gasteiger partial charge >= 0.3 is 12.1 Å². The molecule has 1 aliphatic heterocycles. The van der Waals surface area contributed by atoms with E-state index in [0.29, 0.717) is 19.7 Å². The number of rotatable bonds is 7.